The lowest BCUT2D eigenvalue weighted by Gasteiger charge is -2.10. The molecule has 0 amide bonds. The number of halogens is 4. The van der Waals surface area contributed by atoms with E-state index in [4.69, 9.17) is 0 Å². The molecule has 0 radical (unpaired) electrons. The van der Waals surface area contributed by atoms with Crippen LogP contribution in [-0.4, -0.2) is 31.8 Å². The Hall–Kier alpha value is -0.470. The first-order valence-corrected chi connectivity index (χ1v) is 5.69. The summed E-state index contributed by atoms with van der Waals surface area (Å²) in [7, 11) is 0. The topological polar surface area (TPSA) is 36.4 Å². The fourth-order valence-corrected chi connectivity index (χ4v) is 1.08. The lowest BCUT2D eigenvalue weighted by molar-refractivity contribution is -0.132. The van der Waals surface area contributed by atoms with Crippen molar-refractivity contribution in [3.63, 3.8) is 0 Å². The molecule has 0 aromatic rings. The van der Waals surface area contributed by atoms with Crippen LogP contribution in [-0.2, 0) is 0 Å². The summed E-state index contributed by atoms with van der Waals surface area (Å²) in [6.07, 6.45) is -0.313. The highest BCUT2D eigenvalue weighted by molar-refractivity contribution is 14.0. The number of nitrogens with zero attached hydrogens (tertiary/aromatic N) is 1. The van der Waals surface area contributed by atoms with Crippen molar-refractivity contribution in [1.82, 2.24) is 10.6 Å². The minimum atomic E-state index is -4.15. The Morgan fingerprint density at radius 2 is 1.94 bits per heavy atom. The molecule has 3 nitrogen and oxygen atoms in total. The summed E-state index contributed by atoms with van der Waals surface area (Å²) in [5.41, 5.74) is 0. The molecule has 0 unspecified atom stereocenters. The van der Waals surface area contributed by atoms with Crippen molar-refractivity contribution < 1.29 is 13.2 Å². The molecule has 7 heteroatoms. The van der Waals surface area contributed by atoms with Crippen LogP contribution in [0.4, 0.5) is 13.2 Å². The minimum absolute atomic E-state index is 0. The quantitative estimate of drug-likeness (QED) is 0.245. The zero-order valence-electron chi connectivity index (χ0n) is 10.7. The summed E-state index contributed by atoms with van der Waals surface area (Å²) in [6.45, 7) is 4.82. The Kier molecular flexibility index (Phi) is 12.8. The maximum atomic E-state index is 11.9. The van der Waals surface area contributed by atoms with E-state index in [-0.39, 0.29) is 30.5 Å². The van der Waals surface area contributed by atoms with Gasteiger partial charge in [0.1, 0.15) is 0 Å². The first kappa shape index (κ1) is 19.9. The molecule has 0 atom stereocenters. The van der Waals surface area contributed by atoms with E-state index in [1.807, 2.05) is 26.0 Å². The molecule has 0 spiro atoms. The molecule has 0 saturated heterocycles. The highest BCUT2D eigenvalue weighted by atomic mass is 127. The van der Waals surface area contributed by atoms with Gasteiger partial charge < -0.3 is 10.6 Å². The predicted molar refractivity (Wildman–Crippen MR) is 79.5 cm³/mol. The zero-order chi connectivity index (χ0) is 13.1. The van der Waals surface area contributed by atoms with E-state index in [2.05, 4.69) is 15.6 Å². The Labute approximate surface area is 123 Å². The molecule has 0 aliphatic carbocycles. The molecular weight excluding hydrogens is 358 g/mol. The minimum Gasteiger partial charge on any atom is -0.357 e. The molecule has 2 N–H and O–H groups in total. The van der Waals surface area contributed by atoms with Crippen LogP contribution < -0.4 is 10.6 Å². The third-order valence-corrected chi connectivity index (χ3v) is 1.85. The highest BCUT2D eigenvalue weighted by Crippen LogP contribution is 2.18. The van der Waals surface area contributed by atoms with E-state index in [0.717, 1.165) is 6.42 Å². The van der Waals surface area contributed by atoms with Gasteiger partial charge in [0.25, 0.3) is 0 Å². The Balaban J connectivity index is 0. The molecule has 0 rings (SSSR count). The SMILES string of the molecule is C/C=C/CCNC(=NCCC(F)(F)F)NCC.I. The van der Waals surface area contributed by atoms with Gasteiger partial charge in [-0.25, -0.2) is 0 Å². The van der Waals surface area contributed by atoms with Crippen LogP contribution in [0, 0.1) is 0 Å². The fourth-order valence-electron chi connectivity index (χ4n) is 1.08. The Bertz CT molecular complexity index is 252. The molecule has 0 aromatic heterocycles. The number of guanidine groups is 1. The number of hydrogen-bond acceptors (Lipinski definition) is 1. The third-order valence-electron chi connectivity index (χ3n) is 1.85. The molecule has 0 bridgehead atoms. The predicted octanol–water partition coefficient (Wildman–Crippen LogP) is 3.08. The van der Waals surface area contributed by atoms with Crippen LogP contribution in [0.15, 0.2) is 17.1 Å². The second-order valence-electron chi connectivity index (χ2n) is 3.41. The van der Waals surface area contributed by atoms with Crippen LogP contribution in [0.2, 0.25) is 0 Å². The van der Waals surface area contributed by atoms with Gasteiger partial charge in [0, 0.05) is 13.1 Å². The molecule has 0 aliphatic heterocycles. The van der Waals surface area contributed by atoms with Gasteiger partial charge in [-0.2, -0.15) is 13.2 Å². The summed E-state index contributed by atoms with van der Waals surface area (Å²) in [5.74, 6) is 0.432. The standard InChI is InChI=1S/C11H20F3N3.HI/c1-3-5-6-8-16-10(15-4-2)17-9-7-11(12,13)14;/h3,5H,4,6-9H2,1-2H3,(H2,15,16,17);1H/b5-3+;. The highest BCUT2D eigenvalue weighted by Gasteiger charge is 2.26. The summed E-state index contributed by atoms with van der Waals surface area (Å²) < 4.78 is 35.8. The molecule has 18 heavy (non-hydrogen) atoms. The molecule has 0 fully saturated rings. The second kappa shape index (κ2) is 11.6. The normalized spacial score (nSPS) is 12.4. The number of rotatable bonds is 6. The zero-order valence-corrected chi connectivity index (χ0v) is 13.0. The second-order valence-corrected chi connectivity index (χ2v) is 3.41. The van der Waals surface area contributed by atoms with E-state index >= 15 is 0 Å². The molecule has 0 heterocycles. The van der Waals surface area contributed by atoms with Gasteiger partial charge in [0.15, 0.2) is 5.96 Å². The maximum absolute atomic E-state index is 11.9. The van der Waals surface area contributed by atoms with Gasteiger partial charge in [-0.1, -0.05) is 12.2 Å². The van der Waals surface area contributed by atoms with E-state index < -0.39 is 12.6 Å². The van der Waals surface area contributed by atoms with Gasteiger partial charge in [0.2, 0.25) is 0 Å². The first-order valence-electron chi connectivity index (χ1n) is 5.69. The monoisotopic (exact) mass is 379 g/mol. The molecule has 0 saturated carbocycles. The Morgan fingerprint density at radius 3 is 2.44 bits per heavy atom. The van der Waals surface area contributed by atoms with Crippen LogP contribution in [0.5, 0.6) is 0 Å². The van der Waals surface area contributed by atoms with E-state index in [9.17, 15) is 13.2 Å². The largest absolute Gasteiger partial charge is 0.390 e. The average molecular weight is 379 g/mol. The summed E-state index contributed by atoms with van der Waals surface area (Å²) in [4.78, 5) is 3.85. The van der Waals surface area contributed by atoms with Gasteiger partial charge in [0.05, 0.1) is 13.0 Å². The molecule has 0 aliphatic rings. The van der Waals surface area contributed by atoms with Crippen molar-refractivity contribution >= 4 is 29.9 Å². The van der Waals surface area contributed by atoms with Crippen LogP contribution in [0.3, 0.4) is 0 Å². The fraction of sp³-hybridized carbons (Fsp3) is 0.727. The molecule has 0 aromatic carbocycles. The van der Waals surface area contributed by atoms with E-state index in [1.165, 1.54) is 0 Å². The van der Waals surface area contributed by atoms with E-state index in [1.54, 1.807) is 0 Å². The maximum Gasteiger partial charge on any atom is 0.390 e. The van der Waals surface area contributed by atoms with Crippen molar-refractivity contribution in [2.45, 2.75) is 32.9 Å². The van der Waals surface area contributed by atoms with E-state index in [0.29, 0.717) is 19.0 Å². The lowest BCUT2D eigenvalue weighted by atomic mass is 10.4. The number of hydrogen-bond donors (Lipinski definition) is 2. The summed E-state index contributed by atoms with van der Waals surface area (Å²) in [6, 6.07) is 0. The molecule has 108 valence electrons. The van der Waals surface area contributed by atoms with Gasteiger partial charge in [-0.15, -0.1) is 24.0 Å². The number of alkyl halides is 3. The van der Waals surface area contributed by atoms with Crippen molar-refractivity contribution in [3.8, 4) is 0 Å². The van der Waals surface area contributed by atoms with Gasteiger partial charge >= 0.3 is 6.18 Å². The Morgan fingerprint density at radius 1 is 1.28 bits per heavy atom. The van der Waals surface area contributed by atoms with Crippen molar-refractivity contribution in [2.75, 3.05) is 19.6 Å². The number of nitrogens with one attached hydrogen (secondary N) is 2. The van der Waals surface area contributed by atoms with Crippen molar-refractivity contribution in [3.05, 3.63) is 12.2 Å². The van der Waals surface area contributed by atoms with Crippen LogP contribution in [0.25, 0.3) is 0 Å². The lowest BCUT2D eigenvalue weighted by Crippen LogP contribution is -2.37. The summed E-state index contributed by atoms with van der Waals surface area (Å²) >= 11 is 0. The number of aliphatic imine (C=N–C) groups is 1. The molecular formula is C11H21F3IN3. The number of allylic oxidation sites excluding steroid dienone is 1. The van der Waals surface area contributed by atoms with Crippen LogP contribution >= 0.6 is 24.0 Å². The summed E-state index contributed by atoms with van der Waals surface area (Å²) in [5, 5.41) is 5.86. The first-order chi connectivity index (χ1) is 7.99. The average Bonchev–Trinajstić information content (AvgIpc) is 2.22. The van der Waals surface area contributed by atoms with Crippen molar-refractivity contribution in [2.24, 2.45) is 4.99 Å². The smallest absolute Gasteiger partial charge is 0.357 e. The van der Waals surface area contributed by atoms with Crippen molar-refractivity contribution in [1.29, 1.82) is 0 Å². The van der Waals surface area contributed by atoms with Gasteiger partial charge in [-0.05, 0) is 20.3 Å². The third kappa shape index (κ3) is 13.6. The van der Waals surface area contributed by atoms with Crippen LogP contribution in [0.1, 0.15) is 26.7 Å². The van der Waals surface area contributed by atoms with Gasteiger partial charge in [-0.3, -0.25) is 4.99 Å².